The van der Waals surface area contributed by atoms with Crippen molar-refractivity contribution < 1.29 is 23.8 Å². The molecular weight excluding hydrogens is 444 g/mol. The second-order valence-electron chi connectivity index (χ2n) is 9.57. The van der Waals surface area contributed by atoms with E-state index in [1.54, 1.807) is 11.0 Å². The predicted octanol–water partition coefficient (Wildman–Crippen LogP) is 4.03. The van der Waals surface area contributed by atoms with Crippen LogP contribution < -0.4 is 24.4 Å². The molecule has 0 aromatic heterocycles. The van der Waals surface area contributed by atoms with Crippen molar-refractivity contribution >= 4 is 17.5 Å². The molecule has 0 bridgehead atoms. The molecule has 0 aliphatic carbocycles. The molecule has 35 heavy (non-hydrogen) atoms. The van der Waals surface area contributed by atoms with Crippen LogP contribution >= 0.6 is 0 Å². The first-order chi connectivity index (χ1) is 17.0. The Morgan fingerprint density at radius 1 is 0.971 bits per heavy atom. The smallest absolute Gasteiger partial charge is 0.251 e. The minimum absolute atomic E-state index is 0.0753. The zero-order valence-electron chi connectivity index (χ0n) is 19.7. The summed E-state index contributed by atoms with van der Waals surface area (Å²) < 4.78 is 17.2. The van der Waals surface area contributed by atoms with E-state index >= 15 is 0 Å². The van der Waals surface area contributed by atoms with Crippen molar-refractivity contribution in [3.8, 4) is 17.2 Å². The lowest BCUT2D eigenvalue weighted by Crippen LogP contribution is -2.42. The fourth-order valence-corrected chi connectivity index (χ4v) is 5.16. The highest BCUT2D eigenvalue weighted by atomic mass is 16.7. The molecule has 3 aliphatic heterocycles. The largest absolute Gasteiger partial charge is 0.491 e. The molecule has 7 heteroatoms. The minimum Gasteiger partial charge on any atom is -0.491 e. The Bertz CT molecular complexity index is 1350. The van der Waals surface area contributed by atoms with Crippen LogP contribution in [0.1, 0.15) is 40.9 Å². The fraction of sp³-hybridized carbons (Fsp3) is 0.286. The molecule has 1 N–H and O–H groups in total. The number of benzene rings is 3. The summed E-state index contributed by atoms with van der Waals surface area (Å²) in [6.45, 7) is 5.33. The molecular formula is C28H26N2O5. The van der Waals surface area contributed by atoms with E-state index in [2.05, 4.69) is 19.2 Å². The van der Waals surface area contributed by atoms with Crippen molar-refractivity contribution in [1.82, 2.24) is 5.32 Å². The summed E-state index contributed by atoms with van der Waals surface area (Å²) in [4.78, 5) is 28.9. The molecule has 1 atom stereocenters. The van der Waals surface area contributed by atoms with E-state index in [1.807, 2.05) is 54.6 Å². The van der Waals surface area contributed by atoms with Crippen LogP contribution in [0.3, 0.4) is 0 Å². The Balaban J connectivity index is 1.40. The summed E-state index contributed by atoms with van der Waals surface area (Å²) in [5, 5.41) is 2.99. The summed E-state index contributed by atoms with van der Waals surface area (Å²) >= 11 is 0. The van der Waals surface area contributed by atoms with Crippen LogP contribution in [0.5, 0.6) is 17.2 Å². The van der Waals surface area contributed by atoms with Gasteiger partial charge >= 0.3 is 0 Å². The van der Waals surface area contributed by atoms with E-state index in [-0.39, 0.29) is 31.8 Å². The second-order valence-corrected chi connectivity index (χ2v) is 9.57. The molecule has 0 fully saturated rings. The van der Waals surface area contributed by atoms with Crippen molar-refractivity contribution in [3.05, 3.63) is 82.9 Å². The van der Waals surface area contributed by atoms with Gasteiger partial charge in [0.25, 0.3) is 5.91 Å². The molecule has 178 valence electrons. The van der Waals surface area contributed by atoms with Gasteiger partial charge in [-0.2, -0.15) is 0 Å². The predicted molar refractivity (Wildman–Crippen MR) is 130 cm³/mol. The lowest BCUT2D eigenvalue weighted by atomic mass is 9.77. The summed E-state index contributed by atoms with van der Waals surface area (Å²) in [6.07, 6.45) is 0. The number of ether oxygens (including phenoxy) is 3. The highest BCUT2D eigenvalue weighted by Crippen LogP contribution is 2.55. The average Bonchev–Trinajstić information content (AvgIpc) is 3.54. The van der Waals surface area contributed by atoms with E-state index in [4.69, 9.17) is 14.2 Å². The lowest BCUT2D eigenvalue weighted by molar-refractivity contribution is -0.122. The maximum absolute atomic E-state index is 14.2. The summed E-state index contributed by atoms with van der Waals surface area (Å²) in [5.41, 5.74) is 2.89. The summed E-state index contributed by atoms with van der Waals surface area (Å²) in [5.74, 6) is 2.01. The zero-order valence-corrected chi connectivity index (χ0v) is 19.7. The Morgan fingerprint density at radius 3 is 2.54 bits per heavy atom. The Labute approximate surface area is 203 Å². The number of hydrogen-bond donors (Lipinski definition) is 1. The Hall–Kier alpha value is -4.00. The number of nitrogens with zero attached hydrogens (tertiary/aromatic N) is 1. The number of amides is 2. The molecule has 1 spiro atoms. The van der Waals surface area contributed by atoms with Crippen LogP contribution in [0.25, 0.3) is 0 Å². The van der Waals surface area contributed by atoms with E-state index in [9.17, 15) is 9.59 Å². The molecule has 7 nitrogen and oxygen atoms in total. The second kappa shape index (κ2) is 8.05. The number of rotatable bonds is 5. The van der Waals surface area contributed by atoms with Gasteiger partial charge in [-0.15, -0.1) is 0 Å². The van der Waals surface area contributed by atoms with Crippen LogP contribution in [-0.4, -0.2) is 31.8 Å². The molecule has 1 unspecified atom stereocenters. The number of fused-ring (bicyclic) bond motifs is 5. The highest BCUT2D eigenvalue weighted by Gasteiger charge is 2.57. The lowest BCUT2D eigenvalue weighted by Gasteiger charge is -2.24. The number of para-hydroxylation sites is 1. The van der Waals surface area contributed by atoms with Gasteiger partial charge in [0.1, 0.15) is 17.8 Å². The molecule has 3 aromatic carbocycles. The Kier molecular flexibility index (Phi) is 4.95. The van der Waals surface area contributed by atoms with Crippen molar-refractivity contribution in [1.29, 1.82) is 0 Å². The molecule has 0 radical (unpaired) electrons. The van der Waals surface area contributed by atoms with Gasteiger partial charge in [0.15, 0.2) is 11.5 Å². The monoisotopic (exact) mass is 470 g/mol. The maximum atomic E-state index is 14.2. The summed E-state index contributed by atoms with van der Waals surface area (Å²) in [7, 11) is 0. The summed E-state index contributed by atoms with van der Waals surface area (Å²) in [6, 6.07) is 18.9. The molecule has 3 heterocycles. The Morgan fingerprint density at radius 2 is 1.71 bits per heavy atom. The highest BCUT2D eigenvalue weighted by molar-refractivity contribution is 6.11. The van der Waals surface area contributed by atoms with Crippen molar-refractivity contribution in [2.45, 2.75) is 25.8 Å². The van der Waals surface area contributed by atoms with Crippen molar-refractivity contribution in [2.75, 3.05) is 24.8 Å². The quantitative estimate of drug-likeness (QED) is 0.609. The van der Waals surface area contributed by atoms with Crippen molar-refractivity contribution in [3.63, 3.8) is 0 Å². The van der Waals surface area contributed by atoms with Gasteiger partial charge in [0.05, 0.1) is 6.54 Å². The fourth-order valence-electron chi connectivity index (χ4n) is 5.16. The van der Waals surface area contributed by atoms with Gasteiger partial charge in [0.2, 0.25) is 12.7 Å². The van der Waals surface area contributed by atoms with Gasteiger partial charge in [-0.05, 0) is 35.2 Å². The van der Waals surface area contributed by atoms with E-state index in [0.717, 1.165) is 22.4 Å². The van der Waals surface area contributed by atoms with Gasteiger partial charge in [-0.1, -0.05) is 50.2 Å². The van der Waals surface area contributed by atoms with Crippen LogP contribution in [0, 0.1) is 5.92 Å². The molecule has 3 aromatic rings. The topological polar surface area (TPSA) is 77.1 Å². The first-order valence-electron chi connectivity index (χ1n) is 11.8. The third-order valence-corrected chi connectivity index (χ3v) is 6.90. The molecule has 2 amide bonds. The number of carbonyl (C=O) groups excluding carboxylic acids is 2. The van der Waals surface area contributed by atoms with E-state index in [0.29, 0.717) is 35.3 Å². The zero-order chi connectivity index (χ0) is 24.2. The van der Waals surface area contributed by atoms with Crippen LogP contribution in [0.2, 0.25) is 0 Å². The van der Waals surface area contributed by atoms with Gasteiger partial charge in [0, 0.05) is 29.4 Å². The number of carbonyl (C=O) groups is 2. The van der Waals surface area contributed by atoms with Crippen LogP contribution in [0.4, 0.5) is 5.69 Å². The SMILES string of the molecule is CC(C)CNC(=O)c1ccccc1CN1C(=O)C2(COc3cc4c(cc32)OCO4)c2ccccc21. The van der Waals surface area contributed by atoms with E-state index in [1.165, 1.54) is 0 Å². The van der Waals surface area contributed by atoms with Gasteiger partial charge in [-0.3, -0.25) is 9.59 Å². The molecule has 0 saturated carbocycles. The molecule has 0 saturated heterocycles. The normalized spacial score (nSPS) is 19.2. The maximum Gasteiger partial charge on any atom is 0.251 e. The van der Waals surface area contributed by atoms with Crippen molar-refractivity contribution in [2.24, 2.45) is 5.92 Å². The standard InChI is InChI=1S/C28H26N2O5/c1-17(2)13-29-26(31)19-8-4-3-7-18(19)14-30-22-10-6-5-9-20(22)28(27(30)32)15-33-23-12-25-24(11-21(23)28)34-16-35-25/h3-12,17H,13-16H2,1-2H3,(H,29,31). The van der Waals surface area contributed by atoms with E-state index < -0.39 is 5.41 Å². The average molecular weight is 471 g/mol. The third-order valence-electron chi connectivity index (χ3n) is 6.90. The van der Waals surface area contributed by atoms with Crippen LogP contribution in [-0.2, 0) is 16.8 Å². The molecule has 6 rings (SSSR count). The minimum atomic E-state index is -0.970. The first-order valence-corrected chi connectivity index (χ1v) is 11.8. The number of hydrogen-bond acceptors (Lipinski definition) is 5. The number of anilines is 1. The van der Waals surface area contributed by atoms with Gasteiger partial charge in [-0.25, -0.2) is 0 Å². The molecule has 3 aliphatic rings. The number of nitrogens with one attached hydrogen (secondary N) is 1. The third kappa shape index (κ3) is 3.26. The first kappa shape index (κ1) is 21.5. The van der Waals surface area contributed by atoms with Crippen LogP contribution in [0.15, 0.2) is 60.7 Å². The van der Waals surface area contributed by atoms with Gasteiger partial charge < -0.3 is 24.4 Å².